The van der Waals surface area contributed by atoms with Crippen LogP contribution >= 0.6 is 0 Å². The average Bonchev–Trinajstić information content (AvgIpc) is 3.29. The molecule has 4 rings (SSSR count). The Morgan fingerprint density at radius 3 is 2.24 bits per heavy atom. The summed E-state index contributed by atoms with van der Waals surface area (Å²) in [6, 6.07) is 7.13. The predicted octanol–water partition coefficient (Wildman–Crippen LogP) is 3.33. The lowest BCUT2D eigenvalue weighted by Gasteiger charge is -2.47. The van der Waals surface area contributed by atoms with Gasteiger partial charge in [-0.05, 0) is 43.2 Å². The molecule has 1 aliphatic carbocycles. The first-order chi connectivity index (χ1) is 18.0. The van der Waals surface area contributed by atoms with E-state index in [4.69, 9.17) is 18.9 Å². The van der Waals surface area contributed by atoms with Gasteiger partial charge in [0, 0.05) is 12.7 Å². The van der Waals surface area contributed by atoms with Crippen LogP contribution in [0.1, 0.15) is 33.6 Å². The predicted molar refractivity (Wildman–Crippen MR) is 141 cm³/mol. The van der Waals surface area contributed by atoms with Crippen LogP contribution in [0.2, 0.25) is 0 Å². The van der Waals surface area contributed by atoms with E-state index in [0.29, 0.717) is 17.1 Å². The molecule has 12 nitrogen and oxygen atoms in total. The molecular weight excluding hydrogens is 512 g/mol. The molecule has 1 saturated carbocycles. The average molecular weight is 547 g/mol. The van der Waals surface area contributed by atoms with Gasteiger partial charge >= 0.3 is 0 Å². The van der Waals surface area contributed by atoms with Crippen LogP contribution in [0.15, 0.2) is 30.6 Å². The molecule has 38 heavy (non-hydrogen) atoms. The van der Waals surface area contributed by atoms with Crippen LogP contribution in [0.25, 0.3) is 17.1 Å². The highest BCUT2D eigenvalue weighted by atomic mass is 32.2. The molecule has 1 aromatic carbocycles. The lowest BCUT2D eigenvalue weighted by Crippen LogP contribution is -2.48. The third kappa shape index (κ3) is 5.25. The quantitative estimate of drug-likeness (QED) is 0.381. The standard InChI is InChI=1S/C25H34N6O6S/c1-15(20(35-5)17-12-25(2,3)13-17)38(32,33)30-24-29-28-21(16-9-8-10-18(11-16)34-4)31(24)19-22(36-6)26-14-27-23(19)37-7/h8-11,14-15,17,20H,12-13H2,1-7H3,(H,29,30)/t15-,20-/m0/s1. The van der Waals surface area contributed by atoms with Crippen LogP contribution in [0.3, 0.4) is 0 Å². The lowest BCUT2D eigenvalue weighted by atomic mass is 9.62. The van der Waals surface area contributed by atoms with E-state index in [0.717, 1.165) is 12.8 Å². The minimum absolute atomic E-state index is 0.0788. The number of hydrogen-bond donors (Lipinski definition) is 1. The molecule has 1 N–H and O–H groups in total. The van der Waals surface area contributed by atoms with Gasteiger partial charge < -0.3 is 18.9 Å². The van der Waals surface area contributed by atoms with Crippen molar-refractivity contribution < 1.29 is 27.4 Å². The SMILES string of the molecule is COc1cccc(-c2nnc(NS(=O)(=O)[C@@H](C)[C@H](OC)C3CC(C)(C)C3)n2-c2c(OC)ncnc2OC)c1. The Kier molecular flexibility index (Phi) is 7.79. The van der Waals surface area contributed by atoms with Gasteiger partial charge in [0.1, 0.15) is 17.3 Å². The fraction of sp³-hybridized carbons (Fsp3) is 0.520. The number of anilines is 1. The van der Waals surface area contributed by atoms with E-state index in [9.17, 15) is 8.42 Å². The number of benzene rings is 1. The minimum Gasteiger partial charge on any atom is -0.497 e. The third-order valence-corrected chi connectivity index (χ3v) is 8.62. The number of rotatable bonds is 11. The smallest absolute Gasteiger partial charge is 0.245 e. The van der Waals surface area contributed by atoms with Crippen LogP contribution < -0.4 is 18.9 Å². The van der Waals surface area contributed by atoms with Crippen LogP contribution in [0, 0.1) is 11.3 Å². The molecule has 2 heterocycles. The molecule has 0 aliphatic heterocycles. The van der Waals surface area contributed by atoms with Crippen molar-refractivity contribution in [3.05, 3.63) is 30.6 Å². The summed E-state index contributed by atoms with van der Waals surface area (Å²) in [6.45, 7) is 5.97. The lowest BCUT2D eigenvalue weighted by molar-refractivity contribution is -0.0367. The van der Waals surface area contributed by atoms with Gasteiger partial charge in [-0.1, -0.05) is 26.0 Å². The Morgan fingerprint density at radius 2 is 1.68 bits per heavy atom. The van der Waals surface area contributed by atoms with E-state index in [1.807, 2.05) is 0 Å². The van der Waals surface area contributed by atoms with Crippen molar-refractivity contribution in [2.24, 2.45) is 11.3 Å². The van der Waals surface area contributed by atoms with E-state index in [1.165, 1.54) is 25.1 Å². The maximum Gasteiger partial charge on any atom is 0.245 e. The summed E-state index contributed by atoms with van der Waals surface area (Å²) >= 11 is 0. The highest BCUT2D eigenvalue weighted by Crippen LogP contribution is 2.48. The fourth-order valence-electron chi connectivity index (χ4n) is 5.11. The molecule has 0 radical (unpaired) electrons. The number of aromatic nitrogens is 5. The van der Waals surface area contributed by atoms with Crippen LogP contribution in [-0.4, -0.2) is 72.9 Å². The normalized spacial score (nSPS) is 16.8. The number of methoxy groups -OCH3 is 4. The Morgan fingerprint density at radius 1 is 1.03 bits per heavy atom. The molecule has 13 heteroatoms. The molecule has 1 aliphatic rings. The summed E-state index contributed by atoms with van der Waals surface area (Å²) in [6.07, 6.45) is 2.57. The number of nitrogens with one attached hydrogen (secondary N) is 1. The van der Waals surface area contributed by atoms with Crippen molar-refractivity contribution in [3.63, 3.8) is 0 Å². The highest BCUT2D eigenvalue weighted by Gasteiger charge is 2.45. The maximum atomic E-state index is 13.7. The van der Waals surface area contributed by atoms with Gasteiger partial charge in [0.2, 0.25) is 27.7 Å². The van der Waals surface area contributed by atoms with Gasteiger partial charge in [-0.15, -0.1) is 10.2 Å². The van der Waals surface area contributed by atoms with Crippen molar-refractivity contribution in [2.75, 3.05) is 33.2 Å². The van der Waals surface area contributed by atoms with Crippen LogP contribution in [-0.2, 0) is 14.8 Å². The van der Waals surface area contributed by atoms with E-state index >= 15 is 0 Å². The number of nitrogens with zero attached hydrogens (tertiary/aromatic N) is 5. The van der Waals surface area contributed by atoms with Crippen molar-refractivity contribution in [3.8, 4) is 34.6 Å². The monoisotopic (exact) mass is 546 g/mol. The zero-order chi connectivity index (χ0) is 27.7. The Hall–Kier alpha value is -3.45. The zero-order valence-corrected chi connectivity index (χ0v) is 23.4. The minimum atomic E-state index is -3.98. The van der Waals surface area contributed by atoms with E-state index < -0.39 is 21.4 Å². The second-order valence-electron chi connectivity index (χ2n) is 10.0. The van der Waals surface area contributed by atoms with Gasteiger partial charge in [0.15, 0.2) is 11.5 Å². The van der Waals surface area contributed by atoms with Gasteiger partial charge in [-0.3, -0.25) is 9.29 Å². The Labute approximate surface area is 222 Å². The second-order valence-corrected chi connectivity index (χ2v) is 12.1. The van der Waals surface area contributed by atoms with Gasteiger partial charge in [-0.25, -0.2) is 8.42 Å². The molecule has 3 aromatic rings. The van der Waals surface area contributed by atoms with E-state index in [-0.39, 0.29) is 34.7 Å². The highest BCUT2D eigenvalue weighted by molar-refractivity contribution is 7.93. The number of sulfonamides is 1. The zero-order valence-electron chi connectivity index (χ0n) is 22.6. The summed E-state index contributed by atoms with van der Waals surface area (Å²) in [7, 11) is 2.00. The molecule has 2 aromatic heterocycles. The first-order valence-electron chi connectivity index (χ1n) is 12.1. The summed E-state index contributed by atoms with van der Waals surface area (Å²) < 4.78 is 53.4. The first kappa shape index (κ1) is 27.6. The molecule has 0 saturated heterocycles. The van der Waals surface area contributed by atoms with Crippen molar-refractivity contribution >= 4 is 16.0 Å². The van der Waals surface area contributed by atoms with Gasteiger partial charge in [0.25, 0.3) is 0 Å². The van der Waals surface area contributed by atoms with Crippen molar-refractivity contribution in [2.45, 2.75) is 45.0 Å². The molecule has 0 unspecified atom stereocenters. The van der Waals surface area contributed by atoms with Crippen LogP contribution in [0.5, 0.6) is 17.5 Å². The summed E-state index contributed by atoms with van der Waals surface area (Å²) in [5.41, 5.74) is 1.01. The molecular formula is C25H34N6O6S. The summed E-state index contributed by atoms with van der Waals surface area (Å²) in [5.74, 6) is 1.22. The first-order valence-corrected chi connectivity index (χ1v) is 13.7. The molecule has 1 fully saturated rings. The molecule has 2 atom stereocenters. The summed E-state index contributed by atoms with van der Waals surface area (Å²) in [5, 5.41) is 7.65. The molecule has 0 amide bonds. The number of ether oxygens (including phenoxy) is 4. The van der Waals surface area contributed by atoms with Gasteiger partial charge in [-0.2, -0.15) is 9.97 Å². The maximum absolute atomic E-state index is 13.7. The summed E-state index contributed by atoms with van der Waals surface area (Å²) in [4.78, 5) is 8.38. The fourth-order valence-corrected chi connectivity index (χ4v) is 6.36. The second kappa shape index (κ2) is 10.7. The van der Waals surface area contributed by atoms with E-state index in [2.05, 4.69) is 38.7 Å². The Bertz CT molecular complexity index is 1360. The number of hydrogen-bond acceptors (Lipinski definition) is 10. The van der Waals surface area contributed by atoms with Crippen LogP contribution in [0.4, 0.5) is 5.95 Å². The molecule has 0 spiro atoms. The topological polar surface area (TPSA) is 140 Å². The Balaban J connectivity index is 1.81. The van der Waals surface area contributed by atoms with Gasteiger partial charge in [0.05, 0.1) is 27.4 Å². The van der Waals surface area contributed by atoms with Crippen molar-refractivity contribution in [1.82, 2.24) is 24.7 Å². The molecule has 206 valence electrons. The third-order valence-electron chi connectivity index (χ3n) is 6.91. The largest absolute Gasteiger partial charge is 0.497 e. The van der Waals surface area contributed by atoms with Crippen molar-refractivity contribution in [1.29, 1.82) is 0 Å². The molecule has 0 bridgehead atoms. The van der Waals surface area contributed by atoms with E-state index in [1.54, 1.807) is 45.4 Å².